The molecule has 0 aromatic heterocycles. The van der Waals surface area contributed by atoms with Crippen LogP contribution in [0.3, 0.4) is 0 Å². The van der Waals surface area contributed by atoms with E-state index in [1.165, 1.54) is 44.9 Å². The molecule has 16 heavy (non-hydrogen) atoms. The summed E-state index contributed by atoms with van der Waals surface area (Å²) in [5, 5.41) is 3.17. The van der Waals surface area contributed by atoms with Gasteiger partial charge in [-0.3, -0.25) is 4.79 Å². The number of carbonyl (C=O) groups is 1. The lowest BCUT2D eigenvalue weighted by atomic mass is 9.50. The highest BCUT2D eigenvalue weighted by Crippen LogP contribution is 2.56. The minimum absolute atomic E-state index is 0.102. The van der Waals surface area contributed by atoms with E-state index in [1.807, 2.05) is 0 Å². The first-order valence-electron chi connectivity index (χ1n) is 6.74. The van der Waals surface area contributed by atoms with Gasteiger partial charge in [-0.15, -0.1) is 0 Å². The average molecular weight is 222 g/mol. The van der Waals surface area contributed by atoms with Crippen LogP contribution in [0.25, 0.3) is 0 Å². The maximum atomic E-state index is 11.9. The number of amides is 1. The van der Waals surface area contributed by atoms with E-state index in [1.54, 1.807) is 0 Å². The number of nitrogens with two attached hydrogens (primary N) is 1. The fraction of sp³-hybridized carbons (Fsp3) is 0.923. The topological polar surface area (TPSA) is 55.1 Å². The zero-order valence-electron chi connectivity index (χ0n) is 9.87. The van der Waals surface area contributed by atoms with Crippen molar-refractivity contribution in [2.45, 2.75) is 62.9 Å². The Bertz CT molecular complexity index is 279. The van der Waals surface area contributed by atoms with E-state index >= 15 is 0 Å². The van der Waals surface area contributed by atoms with Crippen LogP contribution in [0.5, 0.6) is 0 Å². The molecule has 0 aromatic carbocycles. The van der Waals surface area contributed by atoms with Crippen LogP contribution < -0.4 is 11.1 Å². The number of hydrogen-bond acceptors (Lipinski definition) is 2. The van der Waals surface area contributed by atoms with E-state index in [9.17, 15) is 4.79 Å². The Morgan fingerprint density at radius 3 is 2.44 bits per heavy atom. The lowest BCUT2D eigenvalue weighted by Crippen LogP contribution is -2.69. The summed E-state index contributed by atoms with van der Waals surface area (Å²) in [6, 6.07) is -0.267. The molecule has 3 N–H and O–H groups in total. The van der Waals surface area contributed by atoms with Gasteiger partial charge in [0.05, 0.1) is 6.04 Å². The summed E-state index contributed by atoms with van der Waals surface area (Å²) in [6.45, 7) is 0. The van der Waals surface area contributed by atoms with Gasteiger partial charge in [0, 0.05) is 5.54 Å². The molecule has 4 rings (SSSR count). The molecule has 0 radical (unpaired) electrons. The number of hydrogen-bond donors (Lipinski definition) is 2. The van der Waals surface area contributed by atoms with Crippen molar-refractivity contribution in [2.75, 3.05) is 0 Å². The Hall–Kier alpha value is -0.570. The maximum absolute atomic E-state index is 11.9. The third kappa shape index (κ3) is 1.75. The first-order chi connectivity index (χ1) is 7.67. The monoisotopic (exact) mass is 222 g/mol. The molecule has 1 atom stereocenters. The summed E-state index contributed by atoms with van der Waals surface area (Å²) in [6.07, 6.45) is 9.70. The van der Waals surface area contributed by atoms with Crippen LogP contribution in [0.15, 0.2) is 0 Å². The van der Waals surface area contributed by atoms with Crippen LogP contribution in [-0.2, 0) is 4.79 Å². The third-order valence-corrected chi connectivity index (χ3v) is 4.83. The van der Waals surface area contributed by atoms with Crippen molar-refractivity contribution in [2.24, 2.45) is 17.6 Å². The van der Waals surface area contributed by atoms with Crippen molar-refractivity contribution < 1.29 is 4.79 Å². The summed E-state index contributed by atoms with van der Waals surface area (Å²) in [4.78, 5) is 11.9. The van der Waals surface area contributed by atoms with Crippen molar-refractivity contribution in [1.29, 1.82) is 0 Å². The molecular weight excluding hydrogens is 200 g/mol. The second-order valence-electron chi connectivity index (χ2n) is 6.24. The second kappa shape index (κ2) is 3.73. The fourth-order valence-electron chi connectivity index (χ4n) is 3.70. The van der Waals surface area contributed by atoms with Gasteiger partial charge in [0.1, 0.15) is 0 Å². The fourth-order valence-corrected chi connectivity index (χ4v) is 3.70. The largest absolute Gasteiger partial charge is 0.349 e. The Morgan fingerprint density at radius 2 is 1.94 bits per heavy atom. The predicted molar refractivity (Wildman–Crippen MR) is 62.8 cm³/mol. The third-order valence-electron chi connectivity index (χ3n) is 4.83. The van der Waals surface area contributed by atoms with Crippen molar-refractivity contribution in [3.8, 4) is 0 Å². The van der Waals surface area contributed by atoms with Crippen molar-refractivity contribution in [3.05, 3.63) is 0 Å². The van der Waals surface area contributed by atoms with E-state index in [4.69, 9.17) is 5.73 Å². The van der Waals surface area contributed by atoms with Gasteiger partial charge < -0.3 is 11.1 Å². The molecule has 1 amide bonds. The van der Waals surface area contributed by atoms with E-state index in [-0.39, 0.29) is 17.5 Å². The predicted octanol–water partition coefficient (Wildman–Crippen LogP) is 1.56. The van der Waals surface area contributed by atoms with Gasteiger partial charge in [-0.05, 0) is 37.5 Å². The molecule has 0 aromatic rings. The Morgan fingerprint density at radius 1 is 1.31 bits per heavy atom. The number of rotatable bonds is 4. The summed E-state index contributed by atoms with van der Waals surface area (Å²) in [7, 11) is 0. The highest BCUT2D eigenvalue weighted by atomic mass is 16.2. The van der Waals surface area contributed by atoms with Crippen LogP contribution >= 0.6 is 0 Å². The normalized spacial score (nSPS) is 38.7. The van der Waals surface area contributed by atoms with E-state index in [0.29, 0.717) is 5.92 Å². The molecule has 0 saturated heterocycles. The lowest BCUT2D eigenvalue weighted by Gasteiger charge is -2.62. The van der Waals surface area contributed by atoms with E-state index < -0.39 is 0 Å². The molecule has 4 saturated carbocycles. The minimum Gasteiger partial charge on any atom is -0.349 e. The minimum atomic E-state index is -0.267. The molecule has 0 unspecified atom stereocenters. The SMILES string of the molecule is N[C@@H](CC1CCCC1)C(=O)NC12CC(C1)C2. The highest BCUT2D eigenvalue weighted by Gasteiger charge is 2.57. The molecule has 4 fully saturated rings. The molecule has 2 bridgehead atoms. The van der Waals surface area contributed by atoms with Crippen LogP contribution in [0, 0.1) is 11.8 Å². The molecule has 0 aliphatic heterocycles. The summed E-state index contributed by atoms with van der Waals surface area (Å²) in [5.74, 6) is 1.71. The molecule has 0 spiro atoms. The summed E-state index contributed by atoms with van der Waals surface area (Å²) in [5.41, 5.74) is 6.18. The molecular formula is C13H22N2O. The molecule has 3 heteroatoms. The quantitative estimate of drug-likeness (QED) is 0.758. The lowest BCUT2D eigenvalue weighted by molar-refractivity contribution is -0.134. The smallest absolute Gasteiger partial charge is 0.237 e. The molecule has 4 aliphatic rings. The Kier molecular flexibility index (Phi) is 2.46. The highest BCUT2D eigenvalue weighted by molar-refractivity contribution is 5.82. The molecule has 3 nitrogen and oxygen atoms in total. The number of carbonyl (C=O) groups excluding carboxylic acids is 1. The van der Waals surface area contributed by atoms with Gasteiger partial charge in [-0.2, -0.15) is 0 Å². The Labute approximate surface area is 97.2 Å². The van der Waals surface area contributed by atoms with Crippen molar-refractivity contribution in [1.82, 2.24) is 5.32 Å². The maximum Gasteiger partial charge on any atom is 0.237 e. The van der Waals surface area contributed by atoms with Gasteiger partial charge in [0.15, 0.2) is 0 Å². The van der Waals surface area contributed by atoms with E-state index in [2.05, 4.69) is 5.32 Å². The average Bonchev–Trinajstić information content (AvgIpc) is 2.61. The second-order valence-corrected chi connectivity index (χ2v) is 6.24. The van der Waals surface area contributed by atoms with Gasteiger partial charge in [-0.25, -0.2) is 0 Å². The first-order valence-corrected chi connectivity index (χ1v) is 6.74. The molecule has 4 aliphatic carbocycles. The summed E-state index contributed by atoms with van der Waals surface area (Å²) >= 11 is 0. The van der Waals surface area contributed by atoms with Gasteiger partial charge in [-0.1, -0.05) is 25.7 Å². The standard InChI is InChI=1S/C13H22N2O/c14-11(5-9-3-1-2-4-9)12(16)15-13-6-10(7-13)8-13/h9-11H,1-8,14H2,(H,15,16)/t10?,11-,13?/m0/s1. The van der Waals surface area contributed by atoms with Crippen LogP contribution in [0.1, 0.15) is 51.4 Å². The van der Waals surface area contributed by atoms with Crippen LogP contribution in [0.2, 0.25) is 0 Å². The molecule has 0 heterocycles. The first kappa shape index (κ1) is 10.6. The molecule has 90 valence electrons. The van der Waals surface area contributed by atoms with Gasteiger partial charge in [0.2, 0.25) is 5.91 Å². The van der Waals surface area contributed by atoms with Crippen molar-refractivity contribution in [3.63, 3.8) is 0 Å². The van der Waals surface area contributed by atoms with E-state index in [0.717, 1.165) is 12.3 Å². The zero-order valence-corrected chi connectivity index (χ0v) is 9.87. The van der Waals surface area contributed by atoms with Crippen LogP contribution in [-0.4, -0.2) is 17.5 Å². The zero-order chi connectivity index (χ0) is 11.2. The van der Waals surface area contributed by atoms with Crippen molar-refractivity contribution >= 4 is 5.91 Å². The number of nitrogens with one attached hydrogen (secondary N) is 1. The van der Waals surface area contributed by atoms with Gasteiger partial charge >= 0.3 is 0 Å². The van der Waals surface area contributed by atoms with Crippen LogP contribution in [0.4, 0.5) is 0 Å². The summed E-state index contributed by atoms with van der Waals surface area (Å²) < 4.78 is 0. The van der Waals surface area contributed by atoms with Gasteiger partial charge in [0.25, 0.3) is 0 Å². The Balaban J connectivity index is 1.45.